The Labute approximate surface area is 200 Å². The molecule has 1 heterocycles. The number of carbonyl (C=O) groups is 1. The van der Waals surface area contributed by atoms with Crippen molar-refractivity contribution in [3.8, 4) is 11.5 Å². The van der Waals surface area contributed by atoms with Crippen LogP contribution in [-0.4, -0.2) is 43.2 Å². The van der Waals surface area contributed by atoms with Crippen LogP contribution in [0.25, 0.3) is 0 Å². The molecule has 2 aromatic carbocycles. The number of carbonyl (C=O) groups excluding carboxylic acids is 1. The Morgan fingerprint density at radius 2 is 1.94 bits per heavy atom. The summed E-state index contributed by atoms with van der Waals surface area (Å²) in [5.74, 6) is -0.0564. The van der Waals surface area contributed by atoms with Gasteiger partial charge in [0.25, 0.3) is 0 Å². The van der Waals surface area contributed by atoms with Crippen LogP contribution in [0.1, 0.15) is 44.2 Å². The van der Waals surface area contributed by atoms with Gasteiger partial charge in [0.2, 0.25) is 5.91 Å². The Bertz CT molecular complexity index is 909. The smallest absolute Gasteiger partial charge is 0.218 e. The van der Waals surface area contributed by atoms with E-state index in [2.05, 4.69) is 4.90 Å². The van der Waals surface area contributed by atoms with Crippen LogP contribution in [0.15, 0.2) is 42.5 Å². The molecule has 8 heteroatoms. The number of amides is 1. The molecule has 1 aliphatic rings. The van der Waals surface area contributed by atoms with Gasteiger partial charge in [-0.05, 0) is 50.3 Å². The van der Waals surface area contributed by atoms with Crippen LogP contribution in [0, 0.1) is 11.7 Å². The summed E-state index contributed by atoms with van der Waals surface area (Å²) in [5.41, 5.74) is 11.9. The summed E-state index contributed by atoms with van der Waals surface area (Å²) >= 11 is 6.34. The number of rotatable bonds is 11. The van der Waals surface area contributed by atoms with Crippen LogP contribution < -0.4 is 16.2 Å². The maximum Gasteiger partial charge on any atom is 0.218 e. The molecule has 0 radical (unpaired) electrons. The summed E-state index contributed by atoms with van der Waals surface area (Å²) < 4.78 is 27.3. The van der Waals surface area contributed by atoms with Crippen LogP contribution in [-0.2, 0) is 9.53 Å². The van der Waals surface area contributed by atoms with Crippen molar-refractivity contribution < 1.29 is 18.7 Å². The second-order valence-electron chi connectivity index (χ2n) is 8.55. The monoisotopic (exact) mass is 477 g/mol. The van der Waals surface area contributed by atoms with E-state index in [1.165, 1.54) is 0 Å². The van der Waals surface area contributed by atoms with E-state index >= 15 is 4.39 Å². The van der Waals surface area contributed by atoms with E-state index in [0.29, 0.717) is 50.0 Å². The number of nitrogens with two attached hydrogens (primary N) is 2. The molecule has 180 valence electrons. The zero-order valence-electron chi connectivity index (χ0n) is 19.0. The Morgan fingerprint density at radius 1 is 1.24 bits per heavy atom. The number of halogens is 2. The van der Waals surface area contributed by atoms with Crippen LogP contribution in [0.4, 0.5) is 4.39 Å². The van der Waals surface area contributed by atoms with Crippen molar-refractivity contribution in [3.63, 3.8) is 0 Å². The molecule has 1 saturated heterocycles. The molecule has 0 aliphatic carbocycles. The van der Waals surface area contributed by atoms with Crippen LogP contribution in [0.2, 0.25) is 5.02 Å². The molecule has 33 heavy (non-hydrogen) atoms. The summed E-state index contributed by atoms with van der Waals surface area (Å²) in [7, 11) is 0. The zero-order chi connectivity index (χ0) is 23.8. The number of nitrogens with zero attached hydrogens (tertiary/aromatic N) is 1. The highest BCUT2D eigenvalue weighted by molar-refractivity contribution is 6.32. The van der Waals surface area contributed by atoms with Crippen molar-refractivity contribution in [2.45, 2.75) is 44.7 Å². The van der Waals surface area contributed by atoms with Gasteiger partial charge in [0, 0.05) is 50.4 Å². The van der Waals surface area contributed by atoms with Gasteiger partial charge >= 0.3 is 0 Å². The Hall–Kier alpha value is -2.19. The van der Waals surface area contributed by atoms with Gasteiger partial charge < -0.3 is 20.9 Å². The first-order valence-electron chi connectivity index (χ1n) is 11.4. The number of ether oxygens (including phenoxy) is 2. The lowest BCUT2D eigenvalue weighted by Gasteiger charge is -2.39. The van der Waals surface area contributed by atoms with Gasteiger partial charge in [-0.25, -0.2) is 4.39 Å². The summed E-state index contributed by atoms with van der Waals surface area (Å²) in [4.78, 5) is 13.8. The predicted molar refractivity (Wildman–Crippen MR) is 128 cm³/mol. The van der Waals surface area contributed by atoms with E-state index < -0.39 is 11.7 Å². The minimum atomic E-state index is -0.503. The minimum Gasteiger partial charge on any atom is -0.453 e. The number of para-hydroxylation sites is 1. The normalized spacial score (nSPS) is 16.5. The molecule has 0 bridgehead atoms. The molecule has 2 aromatic rings. The van der Waals surface area contributed by atoms with E-state index in [4.69, 9.17) is 32.5 Å². The van der Waals surface area contributed by atoms with E-state index in [9.17, 15) is 4.79 Å². The Balaban J connectivity index is 2.00. The maximum absolute atomic E-state index is 16.0. The quantitative estimate of drug-likeness (QED) is 0.491. The molecule has 1 unspecified atom stereocenters. The fourth-order valence-corrected chi connectivity index (χ4v) is 4.67. The Morgan fingerprint density at radius 3 is 2.58 bits per heavy atom. The molecule has 2 atom stereocenters. The number of hydrogen-bond acceptors (Lipinski definition) is 5. The first-order valence-corrected chi connectivity index (χ1v) is 11.8. The SMILES string of the molecule is CC(CC(N)=O)N(CCN)[C@H](CC1CCOCC1)c1ccc(Cl)c(Oc2ccccc2)c1F. The number of primary amides is 1. The molecule has 0 saturated carbocycles. The maximum atomic E-state index is 16.0. The fraction of sp³-hybridized carbons (Fsp3) is 0.480. The highest BCUT2D eigenvalue weighted by atomic mass is 35.5. The summed E-state index contributed by atoms with van der Waals surface area (Å²) in [5, 5.41) is 0.195. The number of benzene rings is 2. The zero-order valence-corrected chi connectivity index (χ0v) is 19.8. The van der Waals surface area contributed by atoms with Gasteiger partial charge in [0.15, 0.2) is 11.6 Å². The van der Waals surface area contributed by atoms with Crippen molar-refractivity contribution >= 4 is 17.5 Å². The molecule has 1 aliphatic heterocycles. The van der Waals surface area contributed by atoms with Gasteiger partial charge in [0.05, 0.1) is 5.02 Å². The lowest BCUT2D eigenvalue weighted by molar-refractivity contribution is -0.119. The lowest BCUT2D eigenvalue weighted by Crippen LogP contribution is -2.43. The first-order chi connectivity index (χ1) is 15.9. The lowest BCUT2D eigenvalue weighted by atomic mass is 9.87. The van der Waals surface area contributed by atoms with E-state index in [0.717, 1.165) is 12.8 Å². The van der Waals surface area contributed by atoms with Crippen molar-refractivity contribution in [2.75, 3.05) is 26.3 Å². The second kappa shape index (κ2) is 12.3. The average molecular weight is 478 g/mol. The van der Waals surface area contributed by atoms with Gasteiger partial charge in [0.1, 0.15) is 5.75 Å². The third-order valence-electron chi connectivity index (χ3n) is 6.15. The minimum absolute atomic E-state index is 0.00685. The van der Waals surface area contributed by atoms with Gasteiger partial charge in [-0.15, -0.1) is 0 Å². The van der Waals surface area contributed by atoms with Crippen molar-refractivity contribution in [2.24, 2.45) is 17.4 Å². The van der Waals surface area contributed by atoms with Crippen molar-refractivity contribution in [1.82, 2.24) is 4.90 Å². The first kappa shape index (κ1) is 25.4. The molecule has 1 fully saturated rings. The van der Waals surface area contributed by atoms with Crippen LogP contribution in [0.5, 0.6) is 11.5 Å². The largest absolute Gasteiger partial charge is 0.453 e. The van der Waals surface area contributed by atoms with Gasteiger partial charge in [-0.2, -0.15) is 0 Å². The standard InChI is InChI=1S/C25H33ClFN3O3/c1-17(15-23(29)31)30(12-11-28)22(16-18-9-13-32-14-10-18)20-7-8-21(26)25(24(20)27)33-19-5-3-2-4-6-19/h2-8,17-18,22H,9-16,28H2,1H3,(H2,29,31)/t17?,22-/m1/s1. The second-order valence-corrected chi connectivity index (χ2v) is 8.96. The molecule has 0 aromatic heterocycles. The van der Waals surface area contributed by atoms with Crippen LogP contribution >= 0.6 is 11.6 Å². The third kappa shape index (κ3) is 6.90. The predicted octanol–water partition coefficient (Wildman–Crippen LogP) is 4.65. The topological polar surface area (TPSA) is 90.8 Å². The van der Waals surface area contributed by atoms with Crippen molar-refractivity contribution in [1.29, 1.82) is 0 Å². The molecular formula is C25H33ClFN3O3. The highest BCUT2D eigenvalue weighted by Crippen LogP contribution is 2.41. The van der Waals surface area contributed by atoms with E-state index in [1.807, 2.05) is 25.1 Å². The summed E-state index contributed by atoms with van der Waals surface area (Å²) in [6, 6.07) is 11.8. The summed E-state index contributed by atoms with van der Waals surface area (Å²) in [6.45, 7) is 4.18. The van der Waals surface area contributed by atoms with Gasteiger partial charge in [-0.1, -0.05) is 35.9 Å². The molecular weight excluding hydrogens is 445 g/mol. The molecule has 6 nitrogen and oxygen atoms in total. The fourth-order valence-electron chi connectivity index (χ4n) is 4.48. The molecule has 3 rings (SSSR count). The number of hydrogen-bond donors (Lipinski definition) is 2. The van der Waals surface area contributed by atoms with Crippen molar-refractivity contribution in [3.05, 3.63) is 58.9 Å². The average Bonchev–Trinajstić information content (AvgIpc) is 2.80. The Kier molecular flexibility index (Phi) is 9.50. The van der Waals surface area contributed by atoms with Gasteiger partial charge in [-0.3, -0.25) is 9.69 Å². The highest BCUT2D eigenvalue weighted by Gasteiger charge is 2.32. The summed E-state index contributed by atoms with van der Waals surface area (Å²) in [6.07, 6.45) is 2.67. The molecule has 0 spiro atoms. The van der Waals surface area contributed by atoms with Crippen LogP contribution in [0.3, 0.4) is 0 Å². The molecule has 1 amide bonds. The van der Waals surface area contributed by atoms with E-state index in [1.54, 1.807) is 24.3 Å². The van der Waals surface area contributed by atoms with E-state index in [-0.39, 0.29) is 29.3 Å². The molecule has 4 N–H and O–H groups in total. The third-order valence-corrected chi connectivity index (χ3v) is 6.45.